The molecule has 1 aromatic rings. The first-order valence-electron chi connectivity index (χ1n) is 4.47. The first-order chi connectivity index (χ1) is 6.91. The second-order valence-electron chi connectivity index (χ2n) is 3.55. The molecule has 0 heterocycles. The number of nitrogens with two attached hydrogens (primary N) is 1. The minimum absolute atomic E-state index is 0.308. The molecule has 1 atom stereocenters. The fraction of sp³-hybridized carbons (Fsp3) is 0.273. The average Bonchev–Trinajstić information content (AvgIpc) is 1.99. The maximum Gasteiger partial charge on any atom is 0.134 e. The molecule has 0 bridgehead atoms. The maximum absolute atomic E-state index is 13.2. The Morgan fingerprint density at radius 3 is 2.07 bits per heavy atom. The van der Waals surface area contributed by atoms with E-state index >= 15 is 0 Å². The summed E-state index contributed by atoms with van der Waals surface area (Å²) in [5.41, 5.74) is 6.10. The van der Waals surface area contributed by atoms with Crippen molar-refractivity contribution < 1.29 is 13.2 Å². The van der Waals surface area contributed by atoms with Crippen molar-refractivity contribution >= 4 is 0 Å². The smallest absolute Gasteiger partial charge is 0.134 e. The van der Waals surface area contributed by atoms with Crippen molar-refractivity contribution in [2.75, 3.05) is 0 Å². The fourth-order valence-corrected chi connectivity index (χ4v) is 1.31. The van der Waals surface area contributed by atoms with E-state index in [9.17, 15) is 13.2 Å². The molecule has 0 fully saturated rings. The minimum atomic E-state index is -0.961. The van der Waals surface area contributed by atoms with Gasteiger partial charge in [0.25, 0.3) is 0 Å². The summed E-state index contributed by atoms with van der Waals surface area (Å²) in [6, 6.07) is 0.351. The Hall–Kier alpha value is -1.29. The van der Waals surface area contributed by atoms with Gasteiger partial charge in [-0.2, -0.15) is 0 Å². The third-order valence-electron chi connectivity index (χ3n) is 1.89. The van der Waals surface area contributed by atoms with Crippen LogP contribution in [0.25, 0.3) is 0 Å². The van der Waals surface area contributed by atoms with Crippen LogP contribution in [0.15, 0.2) is 23.8 Å². The highest BCUT2D eigenvalue weighted by Crippen LogP contribution is 2.22. The van der Waals surface area contributed by atoms with E-state index in [-0.39, 0.29) is 5.56 Å². The summed E-state index contributed by atoms with van der Waals surface area (Å²) in [4.78, 5) is 0. The fourth-order valence-electron chi connectivity index (χ4n) is 1.31. The summed E-state index contributed by atoms with van der Waals surface area (Å²) in [5.74, 6) is -2.87. The van der Waals surface area contributed by atoms with E-state index in [0.717, 1.165) is 5.57 Å². The molecule has 82 valence electrons. The van der Waals surface area contributed by atoms with E-state index in [1.165, 1.54) is 6.08 Å². The highest BCUT2D eigenvalue weighted by molar-refractivity contribution is 5.27. The van der Waals surface area contributed by atoms with Gasteiger partial charge in [0.2, 0.25) is 0 Å². The van der Waals surface area contributed by atoms with Gasteiger partial charge < -0.3 is 5.73 Å². The van der Waals surface area contributed by atoms with Crippen molar-refractivity contribution in [2.45, 2.75) is 19.9 Å². The predicted molar refractivity (Wildman–Crippen MR) is 52.7 cm³/mol. The largest absolute Gasteiger partial charge is 0.321 e. The van der Waals surface area contributed by atoms with Gasteiger partial charge in [0.15, 0.2) is 0 Å². The van der Waals surface area contributed by atoms with Crippen molar-refractivity contribution in [3.63, 3.8) is 0 Å². The van der Waals surface area contributed by atoms with Gasteiger partial charge in [0.1, 0.15) is 17.5 Å². The van der Waals surface area contributed by atoms with E-state index in [0.29, 0.717) is 12.1 Å². The van der Waals surface area contributed by atoms with Crippen LogP contribution in [0.5, 0.6) is 0 Å². The molecule has 1 nitrogen and oxygen atoms in total. The predicted octanol–water partition coefficient (Wildman–Crippen LogP) is 3.07. The lowest BCUT2D eigenvalue weighted by Gasteiger charge is -2.10. The molecule has 0 saturated carbocycles. The van der Waals surface area contributed by atoms with Crippen LogP contribution in [-0.2, 0) is 0 Å². The van der Waals surface area contributed by atoms with Crippen LogP contribution in [0.1, 0.15) is 25.5 Å². The summed E-state index contributed by atoms with van der Waals surface area (Å²) in [7, 11) is 0. The van der Waals surface area contributed by atoms with Gasteiger partial charge in [-0.3, -0.25) is 0 Å². The van der Waals surface area contributed by atoms with Gasteiger partial charge in [-0.1, -0.05) is 11.6 Å². The second kappa shape index (κ2) is 4.49. The number of hydrogen-bond acceptors (Lipinski definition) is 1. The van der Waals surface area contributed by atoms with Gasteiger partial charge in [0, 0.05) is 17.7 Å². The Balaban J connectivity index is 3.20. The lowest BCUT2D eigenvalue weighted by Crippen LogP contribution is -2.12. The van der Waals surface area contributed by atoms with Crippen LogP contribution < -0.4 is 5.73 Å². The monoisotopic (exact) mass is 215 g/mol. The number of halogens is 3. The van der Waals surface area contributed by atoms with Crippen molar-refractivity contribution in [1.29, 1.82) is 0 Å². The Labute approximate surface area is 86.4 Å². The molecule has 0 aliphatic heterocycles. The highest BCUT2D eigenvalue weighted by atomic mass is 19.1. The maximum atomic E-state index is 13.2. The van der Waals surface area contributed by atoms with Crippen LogP contribution in [-0.4, -0.2) is 0 Å². The van der Waals surface area contributed by atoms with Crippen molar-refractivity contribution in [2.24, 2.45) is 5.73 Å². The Kier molecular flexibility index (Phi) is 3.52. The van der Waals surface area contributed by atoms with E-state index in [2.05, 4.69) is 0 Å². The minimum Gasteiger partial charge on any atom is -0.321 e. The molecular weight excluding hydrogens is 203 g/mol. The Morgan fingerprint density at radius 2 is 1.67 bits per heavy atom. The Morgan fingerprint density at radius 1 is 1.20 bits per heavy atom. The number of benzene rings is 1. The topological polar surface area (TPSA) is 26.0 Å². The van der Waals surface area contributed by atoms with Gasteiger partial charge >= 0.3 is 0 Å². The lowest BCUT2D eigenvalue weighted by atomic mass is 10.0. The number of allylic oxidation sites excluding steroid dienone is 1. The first-order valence-corrected chi connectivity index (χ1v) is 4.47. The summed E-state index contributed by atoms with van der Waals surface area (Å²) in [6.45, 7) is 3.53. The van der Waals surface area contributed by atoms with Crippen LogP contribution in [0.4, 0.5) is 13.2 Å². The molecule has 4 heteroatoms. The van der Waals surface area contributed by atoms with E-state index in [1.807, 2.05) is 0 Å². The van der Waals surface area contributed by atoms with E-state index in [1.54, 1.807) is 13.8 Å². The third kappa shape index (κ3) is 2.83. The van der Waals surface area contributed by atoms with Gasteiger partial charge in [-0.25, -0.2) is 13.2 Å². The van der Waals surface area contributed by atoms with E-state index < -0.39 is 23.5 Å². The molecule has 0 aliphatic carbocycles. The molecule has 0 spiro atoms. The van der Waals surface area contributed by atoms with Crippen LogP contribution in [0.3, 0.4) is 0 Å². The lowest BCUT2D eigenvalue weighted by molar-refractivity contribution is 0.517. The molecule has 0 radical (unpaired) electrons. The first kappa shape index (κ1) is 11.8. The zero-order chi connectivity index (χ0) is 11.6. The van der Waals surface area contributed by atoms with Crippen LogP contribution in [0.2, 0.25) is 0 Å². The average molecular weight is 215 g/mol. The van der Waals surface area contributed by atoms with Gasteiger partial charge in [-0.15, -0.1) is 0 Å². The number of rotatable bonds is 2. The van der Waals surface area contributed by atoms with Crippen molar-refractivity contribution in [3.8, 4) is 0 Å². The molecule has 1 aromatic carbocycles. The molecule has 2 N–H and O–H groups in total. The summed E-state index contributed by atoms with van der Waals surface area (Å²) in [5, 5.41) is 0. The normalized spacial score (nSPS) is 12.4. The SMILES string of the molecule is CC(C)=CC(N)c1c(F)cc(F)cc1F. The van der Waals surface area contributed by atoms with E-state index in [4.69, 9.17) is 5.73 Å². The van der Waals surface area contributed by atoms with Crippen molar-refractivity contribution in [3.05, 3.63) is 46.8 Å². The van der Waals surface area contributed by atoms with Gasteiger partial charge in [-0.05, 0) is 13.8 Å². The molecule has 0 amide bonds. The van der Waals surface area contributed by atoms with Crippen LogP contribution in [0, 0.1) is 17.5 Å². The molecule has 0 aromatic heterocycles. The molecule has 0 aliphatic rings. The highest BCUT2D eigenvalue weighted by Gasteiger charge is 2.16. The molecule has 1 rings (SSSR count). The molecular formula is C11H12F3N. The molecule has 15 heavy (non-hydrogen) atoms. The summed E-state index contributed by atoms with van der Waals surface area (Å²) < 4.78 is 39.0. The second-order valence-corrected chi connectivity index (χ2v) is 3.55. The summed E-state index contributed by atoms with van der Waals surface area (Å²) >= 11 is 0. The molecule has 1 unspecified atom stereocenters. The zero-order valence-corrected chi connectivity index (χ0v) is 8.52. The molecule has 0 saturated heterocycles. The standard InChI is InChI=1S/C11H12F3N/c1-6(2)3-10(15)11-8(13)4-7(12)5-9(11)14/h3-5,10H,15H2,1-2H3. The zero-order valence-electron chi connectivity index (χ0n) is 8.52. The van der Waals surface area contributed by atoms with Gasteiger partial charge in [0.05, 0.1) is 6.04 Å². The third-order valence-corrected chi connectivity index (χ3v) is 1.89. The van der Waals surface area contributed by atoms with Crippen LogP contribution >= 0.6 is 0 Å². The Bertz CT molecular complexity index is 372. The number of hydrogen-bond donors (Lipinski definition) is 1. The van der Waals surface area contributed by atoms with Crippen molar-refractivity contribution in [1.82, 2.24) is 0 Å². The summed E-state index contributed by atoms with van der Waals surface area (Å²) in [6.07, 6.45) is 1.51. The quantitative estimate of drug-likeness (QED) is 0.754.